The third-order valence-electron chi connectivity index (χ3n) is 2.77. The number of oxazole rings is 1. The molecule has 4 nitrogen and oxygen atoms in total. The number of carbonyl (C=O) groups excluding carboxylic acids is 1. The summed E-state index contributed by atoms with van der Waals surface area (Å²) in [6.07, 6.45) is 3.49. The maximum Gasteiger partial charge on any atom is 0.253 e. The lowest BCUT2D eigenvalue weighted by Crippen LogP contribution is -2.27. The topological polar surface area (TPSA) is 46.3 Å². The van der Waals surface area contributed by atoms with E-state index in [1.54, 1.807) is 23.1 Å². The van der Waals surface area contributed by atoms with E-state index in [4.69, 9.17) is 4.42 Å². The number of nitrogens with zero attached hydrogens (tertiary/aromatic N) is 2. The highest BCUT2D eigenvalue weighted by Gasteiger charge is 2.12. The van der Waals surface area contributed by atoms with Crippen LogP contribution in [0.3, 0.4) is 0 Å². The highest BCUT2D eigenvalue weighted by atomic mass is 16.3. The molecule has 0 aliphatic rings. The summed E-state index contributed by atoms with van der Waals surface area (Å²) < 4.78 is 5.14. The first-order valence-electron chi connectivity index (χ1n) is 5.81. The molecular formula is C13H16N2O2. The monoisotopic (exact) mass is 232 g/mol. The molecule has 0 N–H and O–H groups in total. The minimum absolute atomic E-state index is 0.0309. The summed E-state index contributed by atoms with van der Waals surface area (Å²) in [5, 5.41) is 0. The number of rotatable bonds is 4. The van der Waals surface area contributed by atoms with E-state index in [1.165, 1.54) is 6.39 Å². The van der Waals surface area contributed by atoms with E-state index >= 15 is 0 Å². The first kappa shape index (κ1) is 11.6. The van der Waals surface area contributed by atoms with Gasteiger partial charge in [0, 0.05) is 19.2 Å². The molecule has 0 unspecified atom stereocenters. The number of aromatic nitrogens is 1. The van der Waals surface area contributed by atoms with E-state index in [9.17, 15) is 4.79 Å². The van der Waals surface area contributed by atoms with E-state index in [1.807, 2.05) is 7.05 Å². The second-order valence-electron chi connectivity index (χ2n) is 4.12. The lowest BCUT2D eigenvalue weighted by Gasteiger charge is -2.16. The molecule has 0 aliphatic heterocycles. The van der Waals surface area contributed by atoms with Crippen LogP contribution in [0.5, 0.6) is 0 Å². The van der Waals surface area contributed by atoms with E-state index in [0.717, 1.165) is 24.9 Å². The van der Waals surface area contributed by atoms with Crippen molar-refractivity contribution >= 4 is 17.0 Å². The highest BCUT2D eigenvalue weighted by molar-refractivity contribution is 5.96. The van der Waals surface area contributed by atoms with Crippen LogP contribution in [0.4, 0.5) is 0 Å². The van der Waals surface area contributed by atoms with Crippen molar-refractivity contribution in [2.24, 2.45) is 0 Å². The Bertz CT molecular complexity index is 519. The molecule has 2 aromatic rings. The SMILES string of the molecule is CCCCN(C)C(=O)c1ccc2ocnc2c1. The molecule has 0 atom stereocenters. The van der Waals surface area contributed by atoms with Crippen LogP contribution in [0, 0.1) is 0 Å². The molecule has 0 fully saturated rings. The quantitative estimate of drug-likeness (QED) is 0.814. The molecule has 1 aromatic carbocycles. The second-order valence-corrected chi connectivity index (χ2v) is 4.12. The Morgan fingerprint density at radius 1 is 1.47 bits per heavy atom. The summed E-state index contributed by atoms with van der Waals surface area (Å²) in [7, 11) is 1.82. The largest absolute Gasteiger partial charge is 0.443 e. The van der Waals surface area contributed by atoms with Crippen LogP contribution in [-0.2, 0) is 0 Å². The summed E-state index contributed by atoms with van der Waals surface area (Å²) in [6.45, 7) is 2.89. The van der Waals surface area contributed by atoms with Gasteiger partial charge in [0.15, 0.2) is 12.0 Å². The molecule has 90 valence electrons. The summed E-state index contributed by atoms with van der Waals surface area (Å²) in [5.41, 5.74) is 2.09. The van der Waals surface area contributed by atoms with Gasteiger partial charge in [0.1, 0.15) is 5.52 Å². The van der Waals surface area contributed by atoms with Gasteiger partial charge in [0.2, 0.25) is 0 Å². The smallest absolute Gasteiger partial charge is 0.253 e. The number of unbranched alkanes of at least 4 members (excludes halogenated alkanes) is 1. The Morgan fingerprint density at radius 3 is 3.06 bits per heavy atom. The van der Waals surface area contributed by atoms with Crippen molar-refractivity contribution in [3.63, 3.8) is 0 Å². The zero-order valence-corrected chi connectivity index (χ0v) is 10.1. The predicted molar refractivity (Wildman–Crippen MR) is 65.9 cm³/mol. The first-order chi connectivity index (χ1) is 8.22. The van der Waals surface area contributed by atoms with Crippen LogP contribution in [0.15, 0.2) is 29.0 Å². The molecule has 2 rings (SSSR count). The van der Waals surface area contributed by atoms with Gasteiger partial charge in [-0.2, -0.15) is 0 Å². The van der Waals surface area contributed by atoms with Crippen LogP contribution in [0.25, 0.3) is 11.1 Å². The van der Waals surface area contributed by atoms with Crippen molar-refractivity contribution in [3.05, 3.63) is 30.2 Å². The third-order valence-corrected chi connectivity index (χ3v) is 2.77. The standard InChI is InChI=1S/C13H16N2O2/c1-3-4-7-15(2)13(16)10-5-6-12-11(8-10)14-9-17-12/h5-6,8-9H,3-4,7H2,1-2H3. The average molecular weight is 232 g/mol. The Morgan fingerprint density at radius 2 is 2.29 bits per heavy atom. The molecule has 0 radical (unpaired) electrons. The van der Waals surface area contributed by atoms with Crippen molar-refractivity contribution in [1.82, 2.24) is 9.88 Å². The van der Waals surface area contributed by atoms with E-state index in [-0.39, 0.29) is 5.91 Å². The van der Waals surface area contributed by atoms with Gasteiger partial charge in [-0.15, -0.1) is 0 Å². The zero-order valence-electron chi connectivity index (χ0n) is 10.1. The maximum atomic E-state index is 12.1. The van der Waals surface area contributed by atoms with Gasteiger partial charge in [-0.3, -0.25) is 4.79 Å². The normalized spacial score (nSPS) is 10.7. The van der Waals surface area contributed by atoms with Gasteiger partial charge >= 0.3 is 0 Å². The maximum absolute atomic E-state index is 12.1. The number of hydrogen-bond donors (Lipinski definition) is 0. The number of carbonyl (C=O) groups is 1. The molecule has 0 aliphatic carbocycles. The van der Waals surface area contributed by atoms with Gasteiger partial charge in [-0.05, 0) is 24.6 Å². The predicted octanol–water partition coefficient (Wildman–Crippen LogP) is 2.70. The van der Waals surface area contributed by atoms with Gasteiger partial charge in [-0.1, -0.05) is 13.3 Å². The van der Waals surface area contributed by atoms with Gasteiger partial charge < -0.3 is 9.32 Å². The molecular weight excluding hydrogens is 216 g/mol. The highest BCUT2D eigenvalue weighted by Crippen LogP contribution is 2.15. The Labute approximate surface area is 100 Å². The first-order valence-corrected chi connectivity index (χ1v) is 5.81. The van der Waals surface area contributed by atoms with Crippen LogP contribution >= 0.6 is 0 Å². The van der Waals surface area contributed by atoms with Gasteiger partial charge in [0.05, 0.1) is 0 Å². The lowest BCUT2D eigenvalue weighted by molar-refractivity contribution is 0.0793. The fourth-order valence-corrected chi connectivity index (χ4v) is 1.71. The van der Waals surface area contributed by atoms with E-state index in [0.29, 0.717) is 11.1 Å². The fraction of sp³-hybridized carbons (Fsp3) is 0.385. The molecule has 17 heavy (non-hydrogen) atoms. The Hall–Kier alpha value is -1.84. The average Bonchev–Trinajstić information content (AvgIpc) is 2.81. The van der Waals surface area contributed by atoms with Gasteiger partial charge in [0.25, 0.3) is 5.91 Å². The van der Waals surface area contributed by atoms with Crippen LogP contribution < -0.4 is 0 Å². The molecule has 0 bridgehead atoms. The van der Waals surface area contributed by atoms with Crippen LogP contribution in [0.1, 0.15) is 30.1 Å². The molecule has 1 aromatic heterocycles. The summed E-state index contributed by atoms with van der Waals surface area (Å²) >= 11 is 0. The van der Waals surface area contributed by atoms with Crippen molar-refractivity contribution in [2.75, 3.05) is 13.6 Å². The zero-order chi connectivity index (χ0) is 12.3. The van der Waals surface area contributed by atoms with Gasteiger partial charge in [-0.25, -0.2) is 4.98 Å². The minimum Gasteiger partial charge on any atom is -0.443 e. The third kappa shape index (κ3) is 2.46. The van der Waals surface area contributed by atoms with Crippen molar-refractivity contribution in [2.45, 2.75) is 19.8 Å². The Balaban J connectivity index is 2.17. The Kier molecular flexibility index (Phi) is 3.42. The molecule has 0 saturated heterocycles. The molecule has 0 saturated carbocycles. The molecule has 0 spiro atoms. The van der Waals surface area contributed by atoms with E-state index < -0.39 is 0 Å². The number of amides is 1. The lowest BCUT2D eigenvalue weighted by atomic mass is 10.2. The minimum atomic E-state index is 0.0309. The number of benzene rings is 1. The molecule has 1 heterocycles. The van der Waals surface area contributed by atoms with Crippen molar-refractivity contribution < 1.29 is 9.21 Å². The van der Waals surface area contributed by atoms with E-state index in [2.05, 4.69) is 11.9 Å². The van der Waals surface area contributed by atoms with Crippen LogP contribution in [0.2, 0.25) is 0 Å². The summed E-state index contributed by atoms with van der Waals surface area (Å²) in [5.74, 6) is 0.0309. The van der Waals surface area contributed by atoms with Crippen LogP contribution in [-0.4, -0.2) is 29.4 Å². The molecule has 1 amide bonds. The van der Waals surface area contributed by atoms with Crippen molar-refractivity contribution in [3.8, 4) is 0 Å². The number of fused-ring (bicyclic) bond motifs is 1. The summed E-state index contributed by atoms with van der Waals surface area (Å²) in [6, 6.07) is 5.32. The second kappa shape index (κ2) is 4.99. The summed E-state index contributed by atoms with van der Waals surface area (Å²) in [4.78, 5) is 17.9. The molecule has 4 heteroatoms. The van der Waals surface area contributed by atoms with Crippen molar-refractivity contribution in [1.29, 1.82) is 0 Å². The number of hydrogen-bond acceptors (Lipinski definition) is 3. The fourth-order valence-electron chi connectivity index (χ4n) is 1.71.